The number of halogens is 1. The highest BCUT2D eigenvalue weighted by molar-refractivity contribution is 9.10. The molecular weight excluding hydrogens is 282 g/mol. The number of nitrogens with zero attached hydrogens (tertiary/aromatic N) is 2. The SMILES string of the molecule is CCc1nn(C)c(CC(N)C(CC)OC)c1Br. The first kappa shape index (κ1) is 14.7. The molecule has 4 nitrogen and oxygen atoms in total. The maximum Gasteiger partial charge on any atom is 0.0766 e. The van der Waals surface area contributed by atoms with Crippen molar-refractivity contribution in [3.8, 4) is 0 Å². The summed E-state index contributed by atoms with van der Waals surface area (Å²) in [6.07, 6.45) is 2.72. The quantitative estimate of drug-likeness (QED) is 0.875. The fourth-order valence-corrected chi connectivity index (χ4v) is 2.82. The Kier molecular flexibility index (Phi) is 5.62. The lowest BCUT2D eigenvalue weighted by Gasteiger charge is -2.21. The average Bonchev–Trinajstić information content (AvgIpc) is 2.58. The Hall–Kier alpha value is -0.390. The van der Waals surface area contributed by atoms with Gasteiger partial charge in [-0.2, -0.15) is 5.10 Å². The van der Waals surface area contributed by atoms with Gasteiger partial charge in [-0.25, -0.2) is 0 Å². The van der Waals surface area contributed by atoms with E-state index in [-0.39, 0.29) is 12.1 Å². The number of ether oxygens (including phenoxy) is 1. The van der Waals surface area contributed by atoms with Crippen LogP contribution in [0.5, 0.6) is 0 Å². The minimum Gasteiger partial charge on any atom is -0.380 e. The minimum atomic E-state index is 0.00130. The van der Waals surface area contributed by atoms with Gasteiger partial charge < -0.3 is 10.5 Å². The zero-order valence-corrected chi connectivity index (χ0v) is 12.6. The van der Waals surface area contributed by atoms with E-state index in [9.17, 15) is 0 Å². The molecule has 1 aromatic rings. The molecule has 0 bridgehead atoms. The van der Waals surface area contributed by atoms with Gasteiger partial charge in [-0.1, -0.05) is 13.8 Å². The molecule has 0 aliphatic rings. The second kappa shape index (κ2) is 6.52. The number of hydrogen-bond donors (Lipinski definition) is 1. The lowest BCUT2D eigenvalue weighted by molar-refractivity contribution is 0.0767. The molecule has 17 heavy (non-hydrogen) atoms. The fourth-order valence-electron chi connectivity index (χ4n) is 2.04. The summed E-state index contributed by atoms with van der Waals surface area (Å²) in [6.45, 7) is 4.19. The zero-order valence-electron chi connectivity index (χ0n) is 11.0. The maximum atomic E-state index is 6.17. The topological polar surface area (TPSA) is 53.1 Å². The predicted octanol–water partition coefficient (Wildman–Crippen LogP) is 2.04. The molecule has 1 aromatic heterocycles. The van der Waals surface area contributed by atoms with Crippen LogP contribution in [0.2, 0.25) is 0 Å². The third-order valence-electron chi connectivity index (χ3n) is 3.11. The second-order valence-electron chi connectivity index (χ2n) is 4.23. The summed E-state index contributed by atoms with van der Waals surface area (Å²) < 4.78 is 8.37. The highest BCUT2D eigenvalue weighted by Gasteiger charge is 2.20. The number of methoxy groups -OCH3 is 1. The summed E-state index contributed by atoms with van der Waals surface area (Å²) in [5, 5.41) is 4.47. The lowest BCUT2D eigenvalue weighted by Crippen LogP contribution is -2.38. The largest absolute Gasteiger partial charge is 0.380 e. The molecule has 0 radical (unpaired) electrons. The molecule has 1 heterocycles. The lowest BCUT2D eigenvalue weighted by atomic mass is 10.0. The van der Waals surface area contributed by atoms with Gasteiger partial charge in [0.1, 0.15) is 0 Å². The number of hydrogen-bond acceptors (Lipinski definition) is 3. The van der Waals surface area contributed by atoms with Crippen molar-refractivity contribution in [3.63, 3.8) is 0 Å². The third-order valence-corrected chi connectivity index (χ3v) is 4.03. The molecule has 1 rings (SSSR count). The van der Waals surface area contributed by atoms with Gasteiger partial charge in [0.15, 0.2) is 0 Å². The molecule has 0 aliphatic heterocycles. The Balaban J connectivity index is 2.84. The van der Waals surface area contributed by atoms with Gasteiger partial charge in [0.25, 0.3) is 0 Å². The molecule has 5 heteroatoms. The van der Waals surface area contributed by atoms with Gasteiger partial charge in [-0.15, -0.1) is 0 Å². The molecule has 0 fully saturated rings. The van der Waals surface area contributed by atoms with Gasteiger partial charge in [-0.05, 0) is 28.8 Å². The van der Waals surface area contributed by atoms with E-state index in [2.05, 4.69) is 34.9 Å². The van der Waals surface area contributed by atoms with Crippen molar-refractivity contribution in [1.82, 2.24) is 9.78 Å². The van der Waals surface area contributed by atoms with Crippen LogP contribution in [0.15, 0.2) is 4.47 Å². The summed E-state index contributed by atoms with van der Waals surface area (Å²) >= 11 is 3.60. The summed E-state index contributed by atoms with van der Waals surface area (Å²) in [6, 6.07) is 0.00130. The van der Waals surface area contributed by atoms with Crippen LogP contribution < -0.4 is 5.73 Å². The summed E-state index contributed by atoms with van der Waals surface area (Å²) in [5.74, 6) is 0. The number of aromatic nitrogens is 2. The molecule has 0 saturated carbocycles. The Morgan fingerprint density at radius 1 is 1.47 bits per heavy atom. The molecule has 98 valence electrons. The van der Waals surface area contributed by atoms with Crippen molar-refractivity contribution in [2.24, 2.45) is 12.8 Å². The first-order valence-corrected chi connectivity index (χ1v) is 6.82. The fraction of sp³-hybridized carbons (Fsp3) is 0.750. The van der Waals surface area contributed by atoms with Crippen molar-refractivity contribution < 1.29 is 4.74 Å². The first-order valence-electron chi connectivity index (χ1n) is 6.03. The van der Waals surface area contributed by atoms with Gasteiger partial charge >= 0.3 is 0 Å². The van der Waals surface area contributed by atoms with E-state index in [0.717, 1.165) is 35.1 Å². The highest BCUT2D eigenvalue weighted by Crippen LogP contribution is 2.23. The maximum absolute atomic E-state index is 6.17. The average molecular weight is 304 g/mol. The normalized spacial score (nSPS) is 14.9. The van der Waals surface area contributed by atoms with Crippen molar-refractivity contribution in [1.29, 1.82) is 0 Å². The van der Waals surface area contributed by atoms with Crippen LogP contribution in [-0.4, -0.2) is 29.0 Å². The third kappa shape index (κ3) is 3.30. The first-order chi connectivity index (χ1) is 8.04. The minimum absolute atomic E-state index is 0.00130. The Bertz CT molecular complexity index is 361. The van der Waals surface area contributed by atoms with Crippen LogP contribution in [0.25, 0.3) is 0 Å². The van der Waals surface area contributed by atoms with Gasteiger partial charge in [-0.3, -0.25) is 4.68 Å². The zero-order chi connectivity index (χ0) is 13.0. The van der Waals surface area contributed by atoms with E-state index in [1.54, 1.807) is 7.11 Å². The van der Waals surface area contributed by atoms with Crippen LogP contribution in [-0.2, 0) is 24.6 Å². The molecule has 0 saturated heterocycles. The number of nitrogens with two attached hydrogens (primary N) is 1. The Morgan fingerprint density at radius 3 is 2.53 bits per heavy atom. The standard InChI is InChI=1S/C12H22BrN3O/c1-5-9-12(13)10(16(3)15-9)7-8(14)11(6-2)17-4/h8,11H,5-7,14H2,1-4H3. The van der Waals surface area contributed by atoms with E-state index in [4.69, 9.17) is 10.5 Å². The summed E-state index contributed by atoms with van der Waals surface area (Å²) in [4.78, 5) is 0. The molecule has 0 amide bonds. The van der Waals surface area contributed by atoms with Crippen LogP contribution in [0.3, 0.4) is 0 Å². The van der Waals surface area contributed by atoms with Crippen LogP contribution >= 0.6 is 15.9 Å². The van der Waals surface area contributed by atoms with Gasteiger partial charge in [0.2, 0.25) is 0 Å². The Morgan fingerprint density at radius 2 is 2.12 bits per heavy atom. The number of rotatable bonds is 6. The summed E-state index contributed by atoms with van der Waals surface area (Å²) in [7, 11) is 3.67. The van der Waals surface area contributed by atoms with E-state index < -0.39 is 0 Å². The van der Waals surface area contributed by atoms with E-state index >= 15 is 0 Å². The monoisotopic (exact) mass is 303 g/mol. The van der Waals surface area contributed by atoms with E-state index in [0.29, 0.717) is 0 Å². The Labute approximate surface area is 112 Å². The smallest absolute Gasteiger partial charge is 0.0766 e. The molecule has 0 aliphatic carbocycles. The van der Waals surface area contributed by atoms with Crippen molar-refractivity contribution in [3.05, 3.63) is 15.9 Å². The van der Waals surface area contributed by atoms with E-state index in [1.165, 1.54) is 0 Å². The summed E-state index contributed by atoms with van der Waals surface area (Å²) in [5.41, 5.74) is 8.40. The molecule has 0 spiro atoms. The van der Waals surface area contributed by atoms with Gasteiger partial charge in [0.05, 0.1) is 22.0 Å². The van der Waals surface area contributed by atoms with Crippen LogP contribution in [0, 0.1) is 0 Å². The van der Waals surface area contributed by atoms with Crippen molar-refractivity contribution >= 4 is 15.9 Å². The predicted molar refractivity (Wildman–Crippen MR) is 73.1 cm³/mol. The molecule has 2 atom stereocenters. The molecule has 2 N–H and O–H groups in total. The molecule has 2 unspecified atom stereocenters. The van der Waals surface area contributed by atoms with Crippen molar-refractivity contribution in [2.45, 2.75) is 45.3 Å². The van der Waals surface area contributed by atoms with E-state index in [1.807, 2.05) is 11.7 Å². The van der Waals surface area contributed by atoms with Gasteiger partial charge in [0, 0.05) is 26.6 Å². The number of aryl methyl sites for hydroxylation is 2. The second-order valence-corrected chi connectivity index (χ2v) is 5.03. The van der Waals surface area contributed by atoms with Crippen molar-refractivity contribution in [2.75, 3.05) is 7.11 Å². The van der Waals surface area contributed by atoms with Crippen LogP contribution in [0.1, 0.15) is 31.7 Å². The molecule has 0 aromatic carbocycles. The van der Waals surface area contributed by atoms with Crippen LogP contribution in [0.4, 0.5) is 0 Å². The molecular formula is C12H22BrN3O. The highest BCUT2D eigenvalue weighted by atomic mass is 79.9.